The molecule has 22 heavy (non-hydrogen) atoms. The van der Waals surface area contributed by atoms with Crippen molar-refractivity contribution in [3.05, 3.63) is 0 Å². The molecule has 1 aliphatic heterocycles. The van der Waals surface area contributed by atoms with Crippen molar-refractivity contribution in [2.45, 2.75) is 90.1 Å². The Balaban J connectivity index is 1.76. The summed E-state index contributed by atoms with van der Waals surface area (Å²) in [6.07, 6.45) is 16.7. The Kier molecular flexibility index (Phi) is 13.6. The molecule has 0 bridgehead atoms. The number of thioether (sulfide) groups is 1. The summed E-state index contributed by atoms with van der Waals surface area (Å²) in [4.78, 5) is 0. The zero-order valence-electron chi connectivity index (χ0n) is 14.4. The summed E-state index contributed by atoms with van der Waals surface area (Å²) in [6, 6.07) is 0. The number of unbranched alkanes of at least 4 members (excludes halogenated alkanes) is 9. The highest BCUT2D eigenvalue weighted by Crippen LogP contribution is 2.14. The van der Waals surface area contributed by atoms with E-state index in [2.05, 4.69) is 12.2 Å². The first-order chi connectivity index (χ1) is 10.8. The molecule has 1 rings (SSSR count). The van der Waals surface area contributed by atoms with Crippen molar-refractivity contribution in [3.8, 4) is 0 Å². The SMILES string of the molecule is CCCCCCCCCCCCSC(=S)NCC1CCCO1. The standard InChI is InChI=1S/C18H35NOS2/c1-2-3-4-5-6-7-8-9-10-11-15-22-18(21)19-16-17-13-12-14-20-17/h17H,2-16H2,1H3,(H,19,21). The lowest BCUT2D eigenvalue weighted by molar-refractivity contribution is 0.114. The smallest absolute Gasteiger partial charge is 0.133 e. The summed E-state index contributed by atoms with van der Waals surface area (Å²) in [7, 11) is 0. The molecule has 130 valence electrons. The summed E-state index contributed by atoms with van der Waals surface area (Å²) >= 11 is 7.16. The molecule has 0 radical (unpaired) electrons. The summed E-state index contributed by atoms with van der Waals surface area (Å²) in [5, 5.41) is 3.33. The van der Waals surface area contributed by atoms with Crippen LogP contribution >= 0.6 is 24.0 Å². The number of ether oxygens (including phenoxy) is 1. The van der Waals surface area contributed by atoms with Gasteiger partial charge < -0.3 is 10.1 Å². The van der Waals surface area contributed by atoms with Gasteiger partial charge in [0.2, 0.25) is 0 Å². The van der Waals surface area contributed by atoms with Gasteiger partial charge in [0.1, 0.15) is 4.32 Å². The molecule has 1 atom stereocenters. The molecule has 0 aromatic carbocycles. The van der Waals surface area contributed by atoms with Crippen LogP contribution in [0.4, 0.5) is 0 Å². The zero-order chi connectivity index (χ0) is 15.9. The highest BCUT2D eigenvalue weighted by Gasteiger charge is 2.15. The molecule has 0 aliphatic carbocycles. The normalized spacial score (nSPS) is 17.8. The maximum absolute atomic E-state index is 5.58. The van der Waals surface area contributed by atoms with E-state index in [1.807, 2.05) is 0 Å². The second-order valence-corrected chi connectivity index (χ2v) is 8.11. The maximum atomic E-state index is 5.58. The van der Waals surface area contributed by atoms with Crippen LogP contribution in [0.25, 0.3) is 0 Å². The quantitative estimate of drug-likeness (QED) is 0.341. The molecule has 0 aromatic heterocycles. The Bertz CT molecular complexity index is 268. The molecule has 1 N–H and O–H groups in total. The molecule has 1 fully saturated rings. The topological polar surface area (TPSA) is 21.3 Å². The van der Waals surface area contributed by atoms with Crippen LogP contribution in [-0.4, -0.2) is 29.3 Å². The number of rotatable bonds is 13. The van der Waals surface area contributed by atoms with E-state index in [1.54, 1.807) is 11.8 Å². The van der Waals surface area contributed by atoms with Crippen LogP contribution in [0.3, 0.4) is 0 Å². The van der Waals surface area contributed by atoms with Gasteiger partial charge in [-0.15, -0.1) is 0 Å². The third kappa shape index (κ3) is 11.7. The predicted molar refractivity (Wildman–Crippen MR) is 104 cm³/mol. The molecule has 2 nitrogen and oxygen atoms in total. The summed E-state index contributed by atoms with van der Waals surface area (Å²) in [5.74, 6) is 1.16. The van der Waals surface area contributed by atoms with Crippen LogP contribution in [0, 0.1) is 0 Å². The molecule has 1 saturated heterocycles. The summed E-state index contributed by atoms with van der Waals surface area (Å²) in [6.45, 7) is 4.09. The largest absolute Gasteiger partial charge is 0.376 e. The fourth-order valence-corrected chi connectivity index (χ4v) is 3.86. The molecule has 4 heteroatoms. The number of nitrogens with one attached hydrogen (secondary N) is 1. The van der Waals surface area contributed by atoms with Gasteiger partial charge in [-0.2, -0.15) is 0 Å². The van der Waals surface area contributed by atoms with Gasteiger partial charge in [0.15, 0.2) is 0 Å². The van der Waals surface area contributed by atoms with E-state index in [-0.39, 0.29) is 0 Å². The lowest BCUT2D eigenvalue weighted by Gasteiger charge is -2.12. The summed E-state index contributed by atoms with van der Waals surface area (Å²) in [5.41, 5.74) is 0. The molecule has 0 aromatic rings. The lowest BCUT2D eigenvalue weighted by atomic mass is 10.1. The van der Waals surface area contributed by atoms with Gasteiger partial charge in [-0.3, -0.25) is 0 Å². The maximum Gasteiger partial charge on any atom is 0.133 e. The monoisotopic (exact) mass is 345 g/mol. The van der Waals surface area contributed by atoms with Crippen molar-refractivity contribution in [1.29, 1.82) is 0 Å². The van der Waals surface area contributed by atoms with Gasteiger partial charge in [0.25, 0.3) is 0 Å². The minimum Gasteiger partial charge on any atom is -0.376 e. The molecule has 0 saturated carbocycles. The Hall–Kier alpha value is 0.200. The first-order valence-electron chi connectivity index (χ1n) is 9.35. The zero-order valence-corrected chi connectivity index (χ0v) is 16.0. The van der Waals surface area contributed by atoms with Crippen LogP contribution in [0.5, 0.6) is 0 Å². The van der Waals surface area contributed by atoms with Crippen molar-refractivity contribution in [3.63, 3.8) is 0 Å². The third-order valence-corrected chi connectivity index (χ3v) is 5.63. The van der Waals surface area contributed by atoms with Crippen LogP contribution in [0.1, 0.15) is 84.0 Å². The molecular formula is C18H35NOS2. The second-order valence-electron chi connectivity index (χ2n) is 6.33. The van der Waals surface area contributed by atoms with E-state index in [1.165, 1.54) is 77.0 Å². The van der Waals surface area contributed by atoms with Crippen molar-refractivity contribution >= 4 is 28.3 Å². The predicted octanol–water partition coefficient (Wildman–Crippen LogP) is 5.69. The van der Waals surface area contributed by atoms with Gasteiger partial charge in [0.05, 0.1) is 6.10 Å². The lowest BCUT2D eigenvalue weighted by Crippen LogP contribution is -2.29. The third-order valence-electron chi connectivity index (χ3n) is 4.23. The van der Waals surface area contributed by atoms with Gasteiger partial charge in [0, 0.05) is 18.9 Å². The van der Waals surface area contributed by atoms with E-state index in [0.717, 1.165) is 23.2 Å². The highest BCUT2D eigenvalue weighted by molar-refractivity contribution is 8.22. The molecular weight excluding hydrogens is 310 g/mol. The Morgan fingerprint density at radius 1 is 1.05 bits per heavy atom. The molecule has 1 aliphatic rings. The Labute approximate surface area is 147 Å². The van der Waals surface area contributed by atoms with Crippen molar-refractivity contribution in [2.24, 2.45) is 0 Å². The molecule has 0 amide bonds. The first kappa shape index (κ1) is 20.2. The van der Waals surface area contributed by atoms with Crippen LogP contribution in [0.15, 0.2) is 0 Å². The van der Waals surface area contributed by atoms with Crippen LogP contribution in [-0.2, 0) is 4.74 Å². The van der Waals surface area contributed by atoms with Gasteiger partial charge in [-0.25, -0.2) is 0 Å². The van der Waals surface area contributed by atoms with Crippen LogP contribution in [0.2, 0.25) is 0 Å². The Morgan fingerprint density at radius 2 is 1.68 bits per heavy atom. The van der Waals surface area contributed by atoms with Gasteiger partial charge in [-0.1, -0.05) is 88.7 Å². The van der Waals surface area contributed by atoms with E-state index < -0.39 is 0 Å². The second kappa shape index (κ2) is 14.8. The van der Waals surface area contributed by atoms with E-state index in [9.17, 15) is 0 Å². The van der Waals surface area contributed by atoms with Crippen molar-refractivity contribution in [1.82, 2.24) is 5.32 Å². The average Bonchev–Trinajstić information content (AvgIpc) is 3.04. The first-order valence-corrected chi connectivity index (χ1v) is 10.7. The fourth-order valence-electron chi connectivity index (χ4n) is 2.81. The fraction of sp³-hybridized carbons (Fsp3) is 0.944. The van der Waals surface area contributed by atoms with E-state index >= 15 is 0 Å². The number of thiocarbonyl (C=S) groups is 1. The molecule has 0 spiro atoms. The van der Waals surface area contributed by atoms with E-state index in [0.29, 0.717) is 6.10 Å². The highest BCUT2D eigenvalue weighted by atomic mass is 32.2. The van der Waals surface area contributed by atoms with E-state index in [4.69, 9.17) is 17.0 Å². The summed E-state index contributed by atoms with van der Waals surface area (Å²) < 4.78 is 6.53. The average molecular weight is 346 g/mol. The van der Waals surface area contributed by atoms with Gasteiger partial charge in [-0.05, 0) is 19.3 Å². The minimum atomic E-state index is 0.385. The van der Waals surface area contributed by atoms with Crippen molar-refractivity contribution in [2.75, 3.05) is 18.9 Å². The van der Waals surface area contributed by atoms with Crippen LogP contribution < -0.4 is 5.32 Å². The molecule has 1 heterocycles. The Morgan fingerprint density at radius 3 is 2.27 bits per heavy atom. The van der Waals surface area contributed by atoms with Crippen molar-refractivity contribution < 1.29 is 4.74 Å². The number of hydrogen-bond donors (Lipinski definition) is 1. The number of hydrogen-bond acceptors (Lipinski definition) is 3. The van der Waals surface area contributed by atoms with Gasteiger partial charge >= 0.3 is 0 Å². The molecule has 1 unspecified atom stereocenters. The minimum absolute atomic E-state index is 0.385.